The highest BCUT2D eigenvalue weighted by atomic mass is 127. The van der Waals surface area contributed by atoms with Crippen molar-refractivity contribution in [2.24, 2.45) is 4.99 Å². The summed E-state index contributed by atoms with van der Waals surface area (Å²) in [5.74, 6) is 3.15. The number of halogens is 2. The first kappa shape index (κ1) is 24.3. The molecule has 164 valence electrons. The molecule has 3 rings (SSSR count). The molecule has 1 fully saturated rings. The molecule has 0 radical (unpaired) electrons. The summed E-state index contributed by atoms with van der Waals surface area (Å²) in [6.45, 7) is 5.08. The SMILES string of the molecule is CCNC(=NCc1ccc(OC)cc1OC)NC1CCN(c2ncccc2Cl)C1.I. The summed E-state index contributed by atoms with van der Waals surface area (Å²) in [4.78, 5) is 11.4. The number of pyridine rings is 1. The van der Waals surface area contributed by atoms with Crippen LogP contribution in [0.5, 0.6) is 11.5 Å². The zero-order valence-electron chi connectivity index (χ0n) is 17.5. The Morgan fingerprint density at radius 2 is 2.13 bits per heavy atom. The van der Waals surface area contributed by atoms with Gasteiger partial charge in [-0.05, 0) is 37.6 Å². The fourth-order valence-corrected chi connectivity index (χ4v) is 3.58. The highest BCUT2D eigenvalue weighted by Gasteiger charge is 2.25. The molecule has 1 atom stereocenters. The average molecular weight is 546 g/mol. The number of anilines is 1. The summed E-state index contributed by atoms with van der Waals surface area (Å²) < 4.78 is 10.7. The quantitative estimate of drug-likeness (QED) is 0.314. The van der Waals surface area contributed by atoms with E-state index in [1.165, 1.54) is 0 Å². The number of benzene rings is 1. The van der Waals surface area contributed by atoms with Crippen LogP contribution >= 0.6 is 35.6 Å². The molecule has 2 N–H and O–H groups in total. The molecule has 1 aliphatic heterocycles. The number of hydrogen-bond acceptors (Lipinski definition) is 5. The first-order valence-electron chi connectivity index (χ1n) is 9.75. The monoisotopic (exact) mass is 545 g/mol. The van der Waals surface area contributed by atoms with Crippen LogP contribution in [0.2, 0.25) is 5.02 Å². The summed E-state index contributed by atoms with van der Waals surface area (Å²) in [6, 6.07) is 9.75. The van der Waals surface area contributed by atoms with Crippen LogP contribution in [0.1, 0.15) is 18.9 Å². The van der Waals surface area contributed by atoms with Gasteiger partial charge in [-0.3, -0.25) is 0 Å². The van der Waals surface area contributed by atoms with E-state index in [2.05, 4.69) is 27.4 Å². The van der Waals surface area contributed by atoms with Crippen molar-refractivity contribution in [3.05, 3.63) is 47.1 Å². The first-order valence-corrected chi connectivity index (χ1v) is 10.1. The van der Waals surface area contributed by atoms with E-state index >= 15 is 0 Å². The van der Waals surface area contributed by atoms with Crippen molar-refractivity contribution in [3.63, 3.8) is 0 Å². The Labute approximate surface area is 200 Å². The number of ether oxygens (including phenoxy) is 2. The van der Waals surface area contributed by atoms with Gasteiger partial charge in [0.05, 0.1) is 25.8 Å². The molecule has 1 aromatic heterocycles. The summed E-state index contributed by atoms with van der Waals surface area (Å²) in [5.41, 5.74) is 0.999. The molecule has 2 heterocycles. The minimum atomic E-state index is 0. The molecule has 0 saturated carbocycles. The number of aliphatic imine (C=N–C) groups is 1. The molecular formula is C21H29ClIN5O2. The lowest BCUT2D eigenvalue weighted by Crippen LogP contribution is -2.44. The van der Waals surface area contributed by atoms with E-state index in [0.29, 0.717) is 11.6 Å². The Bertz CT molecular complexity index is 852. The fraction of sp³-hybridized carbons (Fsp3) is 0.429. The minimum absolute atomic E-state index is 0. The number of guanidine groups is 1. The van der Waals surface area contributed by atoms with Crippen molar-refractivity contribution in [1.82, 2.24) is 15.6 Å². The van der Waals surface area contributed by atoms with Crippen molar-refractivity contribution < 1.29 is 9.47 Å². The van der Waals surface area contributed by atoms with E-state index in [4.69, 9.17) is 26.1 Å². The lowest BCUT2D eigenvalue weighted by atomic mass is 10.2. The van der Waals surface area contributed by atoms with Gasteiger partial charge in [0, 0.05) is 43.5 Å². The van der Waals surface area contributed by atoms with Gasteiger partial charge >= 0.3 is 0 Å². The van der Waals surface area contributed by atoms with E-state index in [0.717, 1.165) is 54.9 Å². The molecule has 1 unspecified atom stereocenters. The largest absolute Gasteiger partial charge is 0.497 e. The van der Waals surface area contributed by atoms with Crippen LogP contribution in [0.4, 0.5) is 5.82 Å². The van der Waals surface area contributed by atoms with Gasteiger partial charge in [0.25, 0.3) is 0 Å². The van der Waals surface area contributed by atoms with E-state index in [9.17, 15) is 0 Å². The molecule has 1 aromatic carbocycles. The molecule has 0 spiro atoms. The second-order valence-electron chi connectivity index (χ2n) is 6.76. The Morgan fingerprint density at radius 3 is 2.83 bits per heavy atom. The number of nitrogens with one attached hydrogen (secondary N) is 2. The maximum Gasteiger partial charge on any atom is 0.191 e. The van der Waals surface area contributed by atoms with E-state index in [-0.39, 0.29) is 30.0 Å². The molecule has 9 heteroatoms. The predicted octanol–water partition coefficient (Wildman–Crippen LogP) is 3.70. The topological polar surface area (TPSA) is 71.0 Å². The van der Waals surface area contributed by atoms with Crippen LogP contribution < -0.4 is 25.0 Å². The molecule has 2 aromatic rings. The van der Waals surface area contributed by atoms with Crippen LogP contribution in [-0.2, 0) is 6.54 Å². The third kappa shape index (κ3) is 6.28. The van der Waals surface area contributed by atoms with Crippen LogP contribution in [-0.4, -0.2) is 50.8 Å². The Hall–Kier alpha value is -1.94. The van der Waals surface area contributed by atoms with Crippen molar-refractivity contribution in [2.45, 2.75) is 25.9 Å². The van der Waals surface area contributed by atoms with Crippen LogP contribution in [0.15, 0.2) is 41.5 Å². The smallest absolute Gasteiger partial charge is 0.191 e. The second kappa shape index (κ2) is 12.0. The third-order valence-corrected chi connectivity index (χ3v) is 5.11. The maximum absolute atomic E-state index is 6.29. The molecule has 30 heavy (non-hydrogen) atoms. The molecule has 0 bridgehead atoms. The highest BCUT2D eigenvalue weighted by Crippen LogP contribution is 2.26. The van der Waals surface area contributed by atoms with Gasteiger partial charge in [0.15, 0.2) is 5.96 Å². The van der Waals surface area contributed by atoms with E-state index in [1.807, 2.05) is 30.3 Å². The van der Waals surface area contributed by atoms with E-state index in [1.54, 1.807) is 20.4 Å². The fourth-order valence-electron chi connectivity index (χ4n) is 3.34. The molecule has 1 saturated heterocycles. The number of rotatable bonds is 7. The zero-order chi connectivity index (χ0) is 20.6. The maximum atomic E-state index is 6.29. The van der Waals surface area contributed by atoms with Gasteiger partial charge < -0.3 is 25.0 Å². The Morgan fingerprint density at radius 1 is 1.30 bits per heavy atom. The molecular weight excluding hydrogens is 517 g/mol. The number of hydrogen-bond donors (Lipinski definition) is 2. The predicted molar refractivity (Wildman–Crippen MR) is 133 cm³/mol. The Balaban J connectivity index is 0.00000320. The van der Waals surface area contributed by atoms with Crippen LogP contribution in [0.3, 0.4) is 0 Å². The third-order valence-electron chi connectivity index (χ3n) is 4.81. The lowest BCUT2D eigenvalue weighted by molar-refractivity contribution is 0.391. The lowest BCUT2D eigenvalue weighted by Gasteiger charge is -2.20. The van der Waals surface area contributed by atoms with Gasteiger partial charge in [-0.2, -0.15) is 0 Å². The Kier molecular flexibility index (Phi) is 9.77. The van der Waals surface area contributed by atoms with Gasteiger partial charge in [-0.25, -0.2) is 9.98 Å². The van der Waals surface area contributed by atoms with Crippen molar-refractivity contribution in [3.8, 4) is 11.5 Å². The highest BCUT2D eigenvalue weighted by molar-refractivity contribution is 14.0. The number of nitrogens with zero attached hydrogens (tertiary/aromatic N) is 3. The van der Waals surface area contributed by atoms with E-state index < -0.39 is 0 Å². The number of aromatic nitrogens is 1. The normalized spacial score (nSPS) is 16.1. The van der Waals surface area contributed by atoms with Crippen molar-refractivity contribution >= 4 is 47.4 Å². The summed E-state index contributed by atoms with van der Waals surface area (Å²) in [6.07, 6.45) is 2.76. The molecule has 0 aliphatic carbocycles. The van der Waals surface area contributed by atoms with Gasteiger partial charge in [0.1, 0.15) is 17.3 Å². The average Bonchev–Trinajstić information content (AvgIpc) is 3.20. The van der Waals surface area contributed by atoms with Crippen molar-refractivity contribution in [2.75, 3.05) is 38.8 Å². The van der Waals surface area contributed by atoms with Crippen LogP contribution in [0, 0.1) is 0 Å². The molecule has 1 aliphatic rings. The molecule has 7 nitrogen and oxygen atoms in total. The first-order chi connectivity index (χ1) is 14.1. The van der Waals surface area contributed by atoms with Crippen LogP contribution in [0.25, 0.3) is 0 Å². The van der Waals surface area contributed by atoms with Gasteiger partial charge in [-0.15, -0.1) is 24.0 Å². The van der Waals surface area contributed by atoms with Crippen molar-refractivity contribution in [1.29, 1.82) is 0 Å². The molecule has 0 amide bonds. The zero-order valence-corrected chi connectivity index (χ0v) is 20.6. The summed E-state index contributed by atoms with van der Waals surface area (Å²) in [5, 5.41) is 7.53. The number of methoxy groups -OCH3 is 2. The van der Waals surface area contributed by atoms with Gasteiger partial charge in [-0.1, -0.05) is 11.6 Å². The summed E-state index contributed by atoms with van der Waals surface area (Å²) in [7, 11) is 3.30. The second-order valence-corrected chi connectivity index (χ2v) is 7.16. The standard InChI is InChI=1S/C21H28ClN5O2.HI/c1-4-23-21(25-13-15-7-8-17(28-2)12-19(15)29-3)26-16-9-11-27(14-16)20-18(22)6-5-10-24-20;/h5-8,10,12,16H,4,9,11,13-14H2,1-3H3,(H2,23,25,26);1H. The van der Waals surface area contributed by atoms with Gasteiger partial charge in [0.2, 0.25) is 0 Å². The summed E-state index contributed by atoms with van der Waals surface area (Å²) >= 11 is 6.29. The minimum Gasteiger partial charge on any atom is -0.497 e.